The van der Waals surface area contributed by atoms with Gasteiger partial charge in [0.1, 0.15) is 11.4 Å². The summed E-state index contributed by atoms with van der Waals surface area (Å²) in [5.74, 6) is -0.432. The highest BCUT2D eigenvalue weighted by atomic mass is 35.5. The molecule has 1 unspecified atom stereocenters. The van der Waals surface area contributed by atoms with Crippen molar-refractivity contribution in [1.29, 1.82) is 0 Å². The molecular formula is C15H9Cl3N2O. The van der Waals surface area contributed by atoms with Crippen molar-refractivity contribution in [3.63, 3.8) is 0 Å². The van der Waals surface area contributed by atoms with Gasteiger partial charge in [0.15, 0.2) is 0 Å². The van der Waals surface area contributed by atoms with Crippen LogP contribution in [0.15, 0.2) is 47.9 Å². The highest BCUT2D eigenvalue weighted by Crippen LogP contribution is 2.46. The minimum absolute atomic E-state index is 0.376. The van der Waals surface area contributed by atoms with Crippen molar-refractivity contribution in [2.45, 2.75) is 5.92 Å². The van der Waals surface area contributed by atoms with Gasteiger partial charge in [-0.25, -0.2) is 0 Å². The van der Waals surface area contributed by atoms with Crippen LogP contribution in [0.3, 0.4) is 0 Å². The highest BCUT2D eigenvalue weighted by molar-refractivity contribution is 6.41. The number of carbonyl (C=O) groups excluding carboxylic acids is 1. The first-order valence-corrected chi connectivity index (χ1v) is 7.27. The van der Waals surface area contributed by atoms with E-state index in [0.29, 0.717) is 20.9 Å². The average molecular weight is 340 g/mol. The molecule has 0 N–H and O–H groups in total. The predicted molar refractivity (Wildman–Crippen MR) is 85.6 cm³/mol. The topological polar surface area (TPSA) is 33.2 Å². The molecule has 0 radical (unpaired) electrons. The van der Waals surface area contributed by atoms with Crippen LogP contribution in [-0.4, -0.2) is 11.3 Å². The zero-order chi connectivity index (χ0) is 15.0. The van der Waals surface area contributed by atoms with Crippen molar-refractivity contribution in [2.75, 3.05) is 4.90 Å². The summed E-state index contributed by atoms with van der Waals surface area (Å²) in [5, 5.41) is 1.32. The lowest BCUT2D eigenvalue weighted by atomic mass is 9.97. The van der Waals surface area contributed by atoms with Crippen LogP contribution in [0.1, 0.15) is 11.5 Å². The van der Waals surface area contributed by atoms with Crippen LogP contribution in [-0.2, 0) is 4.79 Å². The van der Waals surface area contributed by atoms with E-state index in [4.69, 9.17) is 34.8 Å². The maximum atomic E-state index is 11.2. The summed E-state index contributed by atoms with van der Waals surface area (Å²) in [6.45, 7) is 0. The lowest BCUT2D eigenvalue weighted by molar-refractivity contribution is -0.108. The smallest absolute Gasteiger partial charge is 0.131 e. The normalized spacial score (nSPS) is 17.2. The molecule has 0 fully saturated rings. The Hall–Kier alpha value is -1.55. The van der Waals surface area contributed by atoms with E-state index in [1.54, 1.807) is 47.6 Å². The second kappa shape index (κ2) is 5.68. The van der Waals surface area contributed by atoms with Gasteiger partial charge in [0.25, 0.3) is 0 Å². The number of aromatic nitrogens is 1. The number of carbonyl (C=O) groups is 1. The van der Waals surface area contributed by atoms with Crippen LogP contribution in [0.5, 0.6) is 0 Å². The molecule has 6 heteroatoms. The van der Waals surface area contributed by atoms with Crippen molar-refractivity contribution in [2.24, 2.45) is 0 Å². The van der Waals surface area contributed by atoms with Gasteiger partial charge in [0.2, 0.25) is 0 Å². The first-order chi connectivity index (χ1) is 10.1. The molecule has 0 saturated heterocycles. The molecule has 0 saturated carbocycles. The SMILES string of the molecule is O=CC1C=C(Cl)N(c2c(Cl)cccc2Cl)c2ccncc21. The molecule has 1 aromatic heterocycles. The third-order valence-corrected chi connectivity index (χ3v) is 4.17. The Balaban J connectivity index is 2.26. The highest BCUT2D eigenvalue weighted by Gasteiger charge is 2.28. The molecule has 2 heterocycles. The van der Waals surface area contributed by atoms with E-state index in [2.05, 4.69) is 4.98 Å². The van der Waals surface area contributed by atoms with E-state index >= 15 is 0 Å². The van der Waals surface area contributed by atoms with Crippen LogP contribution < -0.4 is 4.90 Å². The fourth-order valence-corrected chi connectivity index (χ4v) is 3.21. The first-order valence-electron chi connectivity index (χ1n) is 6.14. The van der Waals surface area contributed by atoms with E-state index < -0.39 is 5.92 Å². The number of rotatable bonds is 2. The van der Waals surface area contributed by atoms with E-state index in [1.807, 2.05) is 0 Å². The summed E-state index contributed by atoms with van der Waals surface area (Å²) in [6, 6.07) is 7.01. The molecule has 0 bridgehead atoms. The van der Waals surface area contributed by atoms with Gasteiger partial charge in [0.05, 0.1) is 27.3 Å². The summed E-state index contributed by atoms with van der Waals surface area (Å²) in [5.41, 5.74) is 2.08. The number of hydrogen-bond donors (Lipinski definition) is 0. The summed E-state index contributed by atoms with van der Waals surface area (Å²) in [4.78, 5) is 17.0. The monoisotopic (exact) mass is 338 g/mol. The number of pyridine rings is 1. The van der Waals surface area contributed by atoms with Crippen molar-refractivity contribution >= 4 is 52.5 Å². The van der Waals surface area contributed by atoms with Crippen LogP contribution in [0.2, 0.25) is 10.0 Å². The number of anilines is 2. The Kier molecular flexibility index (Phi) is 3.89. The molecule has 2 aromatic rings. The zero-order valence-electron chi connectivity index (χ0n) is 10.6. The number of nitrogens with zero attached hydrogens (tertiary/aromatic N) is 2. The molecule has 3 nitrogen and oxygen atoms in total. The number of hydrogen-bond acceptors (Lipinski definition) is 3. The molecule has 3 rings (SSSR count). The molecule has 1 aromatic carbocycles. The lowest BCUT2D eigenvalue weighted by Crippen LogP contribution is -2.22. The number of aldehydes is 1. The number of halogens is 3. The van der Waals surface area contributed by atoms with Gasteiger partial charge in [-0.3, -0.25) is 9.88 Å². The van der Waals surface area contributed by atoms with Gasteiger partial charge >= 0.3 is 0 Å². The maximum Gasteiger partial charge on any atom is 0.131 e. The third kappa shape index (κ3) is 2.42. The molecule has 21 heavy (non-hydrogen) atoms. The van der Waals surface area contributed by atoms with Crippen LogP contribution in [0.4, 0.5) is 11.4 Å². The summed E-state index contributed by atoms with van der Waals surface area (Å²) >= 11 is 18.9. The summed E-state index contributed by atoms with van der Waals surface area (Å²) in [7, 11) is 0. The van der Waals surface area contributed by atoms with Gasteiger partial charge in [0, 0.05) is 18.0 Å². The maximum absolute atomic E-state index is 11.2. The van der Waals surface area contributed by atoms with Crippen LogP contribution in [0, 0.1) is 0 Å². The number of fused-ring (bicyclic) bond motifs is 1. The van der Waals surface area contributed by atoms with Gasteiger partial charge in [-0.2, -0.15) is 0 Å². The van der Waals surface area contributed by atoms with Gasteiger partial charge < -0.3 is 4.79 Å². The molecule has 1 atom stereocenters. The van der Waals surface area contributed by atoms with E-state index in [0.717, 1.165) is 17.5 Å². The second-order valence-electron chi connectivity index (χ2n) is 4.49. The first kappa shape index (κ1) is 14.4. The van der Waals surface area contributed by atoms with Gasteiger partial charge in [-0.05, 0) is 24.3 Å². The third-order valence-electron chi connectivity index (χ3n) is 3.27. The Morgan fingerprint density at radius 3 is 2.52 bits per heavy atom. The molecule has 0 spiro atoms. The largest absolute Gasteiger partial charge is 0.302 e. The molecule has 0 aliphatic carbocycles. The lowest BCUT2D eigenvalue weighted by Gasteiger charge is -2.32. The molecule has 0 amide bonds. The van der Waals surface area contributed by atoms with Crippen molar-refractivity contribution in [3.8, 4) is 0 Å². The Morgan fingerprint density at radius 1 is 1.14 bits per heavy atom. The quantitative estimate of drug-likeness (QED) is 0.576. The molecule has 106 valence electrons. The van der Waals surface area contributed by atoms with Crippen LogP contribution in [0.25, 0.3) is 0 Å². The van der Waals surface area contributed by atoms with E-state index in [1.165, 1.54) is 0 Å². The number of allylic oxidation sites excluding steroid dienone is 1. The van der Waals surface area contributed by atoms with Gasteiger partial charge in [-0.15, -0.1) is 0 Å². The number of para-hydroxylation sites is 1. The van der Waals surface area contributed by atoms with Crippen molar-refractivity contribution in [1.82, 2.24) is 4.98 Å². The van der Waals surface area contributed by atoms with E-state index in [-0.39, 0.29) is 0 Å². The van der Waals surface area contributed by atoms with Gasteiger partial charge in [-0.1, -0.05) is 40.9 Å². The predicted octanol–water partition coefficient (Wildman–Crippen LogP) is 4.90. The molecule has 1 aliphatic rings. The van der Waals surface area contributed by atoms with Crippen molar-refractivity contribution in [3.05, 3.63) is 63.5 Å². The zero-order valence-corrected chi connectivity index (χ0v) is 12.9. The molecule has 1 aliphatic heterocycles. The Morgan fingerprint density at radius 2 is 1.86 bits per heavy atom. The van der Waals surface area contributed by atoms with Crippen molar-refractivity contribution < 1.29 is 4.79 Å². The van der Waals surface area contributed by atoms with E-state index in [9.17, 15) is 4.79 Å². The minimum Gasteiger partial charge on any atom is -0.302 e. The minimum atomic E-state index is -0.432. The summed E-state index contributed by atoms with van der Waals surface area (Å²) in [6.07, 6.45) is 5.76. The fourth-order valence-electron chi connectivity index (χ4n) is 2.33. The summed E-state index contributed by atoms with van der Waals surface area (Å²) < 4.78 is 0. The fraction of sp³-hybridized carbons (Fsp3) is 0.0667. The second-order valence-corrected chi connectivity index (χ2v) is 5.69. The van der Waals surface area contributed by atoms with Crippen LogP contribution >= 0.6 is 34.8 Å². The molecular weight excluding hydrogens is 331 g/mol. The average Bonchev–Trinajstić information content (AvgIpc) is 2.48. The standard InChI is InChI=1S/C15H9Cl3N2O/c16-11-2-1-3-12(17)15(11)20-13-4-5-19-7-10(13)9(8-21)6-14(20)18/h1-9H. The number of benzene rings is 1. The Bertz CT molecular complexity index is 725. The Labute approximate surface area is 136 Å².